The lowest BCUT2D eigenvalue weighted by atomic mass is 10.1. The van der Waals surface area contributed by atoms with Crippen molar-refractivity contribution in [3.8, 4) is 5.75 Å². The fourth-order valence-corrected chi connectivity index (χ4v) is 3.19. The second-order valence-corrected chi connectivity index (χ2v) is 6.69. The van der Waals surface area contributed by atoms with Crippen LogP contribution in [0, 0.1) is 0 Å². The third-order valence-electron chi connectivity index (χ3n) is 4.64. The van der Waals surface area contributed by atoms with Gasteiger partial charge in [-0.3, -0.25) is 4.79 Å². The van der Waals surface area contributed by atoms with E-state index in [0.717, 1.165) is 49.8 Å². The second kappa shape index (κ2) is 11.6. The molecule has 0 unspecified atom stereocenters. The maximum Gasteiger partial charge on any atom is 0.251 e. The smallest absolute Gasteiger partial charge is 0.251 e. The van der Waals surface area contributed by atoms with Crippen LogP contribution in [-0.2, 0) is 19.4 Å². The lowest BCUT2D eigenvalue weighted by molar-refractivity contribution is 0.0963. The number of rotatable bonds is 7. The predicted octanol–water partition coefficient (Wildman–Crippen LogP) is 2.90. The summed E-state index contributed by atoms with van der Waals surface area (Å²) in [5.74, 6) is 1.71. The molecule has 2 aromatic carbocycles. The molecule has 1 aliphatic heterocycles. The number of benzene rings is 2. The highest BCUT2D eigenvalue weighted by Crippen LogP contribution is 2.25. The van der Waals surface area contributed by atoms with Gasteiger partial charge in [0.1, 0.15) is 5.75 Å². The van der Waals surface area contributed by atoms with Crippen molar-refractivity contribution in [3.63, 3.8) is 0 Å². The van der Waals surface area contributed by atoms with Crippen LogP contribution in [0.3, 0.4) is 0 Å². The minimum Gasteiger partial charge on any atom is -0.493 e. The number of carbonyl (C=O) groups is 1. The van der Waals surface area contributed by atoms with Crippen molar-refractivity contribution in [2.75, 3.05) is 26.7 Å². The second-order valence-electron chi connectivity index (χ2n) is 6.69. The molecule has 0 saturated heterocycles. The molecule has 0 fully saturated rings. The third-order valence-corrected chi connectivity index (χ3v) is 4.64. The highest BCUT2D eigenvalue weighted by Gasteiger charge is 2.11. The van der Waals surface area contributed by atoms with Crippen molar-refractivity contribution >= 4 is 35.8 Å². The lowest BCUT2D eigenvalue weighted by Gasteiger charge is -2.12. The molecule has 0 aliphatic carbocycles. The first kappa shape index (κ1) is 23.0. The van der Waals surface area contributed by atoms with Crippen LogP contribution in [0.5, 0.6) is 5.75 Å². The van der Waals surface area contributed by atoms with Crippen molar-refractivity contribution in [2.24, 2.45) is 4.99 Å². The van der Waals surface area contributed by atoms with Gasteiger partial charge < -0.3 is 20.7 Å². The minimum atomic E-state index is -0.0874. The van der Waals surface area contributed by atoms with E-state index >= 15 is 0 Å². The van der Waals surface area contributed by atoms with Crippen molar-refractivity contribution in [1.82, 2.24) is 16.0 Å². The number of nitrogens with zero attached hydrogens (tertiary/aromatic N) is 1. The summed E-state index contributed by atoms with van der Waals surface area (Å²) >= 11 is 0. The van der Waals surface area contributed by atoms with E-state index in [4.69, 9.17) is 4.74 Å². The molecule has 3 rings (SSSR count). The molecular weight excluding hydrogens is 479 g/mol. The van der Waals surface area contributed by atoms with Crippen molar-refractivity contribution in [2.45, 2.75) is 26.3 Å². The highest BCUT2D eigenvalue weighted by molar-refractivity contribution is 14.0. The molecule has 1 amide bonds. The van der Waals surface area contributed by atoms with Gasteiger partial charge in [0.05, 0.1) is 13.2 Å². The first-order chi connectivity index (χ1) is 13.7. The molecule has 0 aromatic heterocycles. The number of aliphatic imine (C=N–C) groups is 1. The third kappa shape index (κ3) is 6.62. The number of guanidine groups is 1. The number of halogens is 1. The Bertz CT molecular complexity index is 854. The van der Waals surface area contributed by atoms with Gasteiger partial charge in [-0.25, -0.2) is 4.99 Å². The summed E-state index contributed by atoms with van der Waals surface area (Å²) < 4.78 is 5.56. The molecular formula is C22H29IN4O2. The van der Waals surface area contributed by atoms with E-state index in [1.54, 1.807) is 13.1 Å². The molecule has 0 saturated carbocycles. The number of hydrogen-bond donors (Lipinski definition) is 3. The predicted molar refractivity (Wildman–Crippen MR) is 127 cm³/mol. The Labute approximate surface area is 189 Å². The fraction of sp³-hybridized carbons (Fsp3) is 0.364. The molecule has 1 aliphatic rings. The first-order valence-corrected chi connectivity index (χ1v) is 9.77. The van der Waals surface area contributed by atoms with E-state index < -0.39 is 0 Å². The Morgan fingerprint density at radius 1 is 1.14 bits per heavy atom. The molecule has 156 valence electrons. The van der Waals surface area contributed by atoms with Crippen LogP contribution in [0.2, 0.25) is 0 Å². The van der Waals surface area contributed by atoms with Crippen LogP contribution in [0.15, 0.2) is 47.5 Å². The summed E-state index contributed by atoms with van der Waals surface area (Å²) in [5, 5.41) is 9.30. The molecule has 0 radical (unpaired) electrons. The van der Waals surface area contributed by atoms with Gasteiger partial charge >= 0.3 is 0 Å². The summed E-state index contributed by atoms with van der Waals surface area (Å²) in [4.78, 5) is 16.4. The van der Waals surface area contributed by atoms with Crippen molar-refractivity contribution in [1.29, 1.82) is 0 Å². The molecule has 7 heteroatoms. The molecule has 0 spiro atoms. The van der Waals surface area contributed by atoms with Gasteiger partial charge in [0.15, 0.2) is 5.96 Å². The Balaban J connectivity index is 0.00000300. The van der Waals surface area contributed by atoms with Crippen LogP contribution >= 0.6 is 24.0 Å². The summed E-state index contributed by atoms with van der Waals surface area (Å²) in [5.41, 5.74) is 4.24. The average molecular weight is 508 g/mol. The normalized spacial score (nSPS) is 12.4. The number of ether oxygens (including phenoxy) is 1. The summed E-state index contributed by atoms with van der Waals surface area (Å²) in [6, 6.07) is 14.0. The fourth-order valence-electron chi connectivity index (χ4n) is 3.19. The monoisotopic (exact) mass is 508 g/mol. The van der Waals surface area contributed by atoms with Gasteiger partial charge in [-0.15, -0.1) is 24.0 Å². The highest BCUT2D eigenvalue weighted by atomic mass is 127. The first-order valence-electron chi connectivity index (χ1n) is 9.77. The number of hydrogen-bond acceptors (Lipinski definition) is 3. The Hall–Kier alpha value is -2.29. The number of nitrogens with one attached hydrogen (secondary N) is 3. The molecule has 0 atom stereocenters. The number of fused-ring (bicyclic) bond motifs is 1. The van der Waals surface area contributed by atoms with E-state index in [1.165, 1.54) is 11.1 Å². The topological polar surface area (TPSA) is 74.8 Å². The molecule has 2 aromatic rings. The molecule has 0 bridgehead atoms. The Morgan fingerprint density at radius 3 is 2.79 bits per heavy atom. The largest absolute Gasteiger partial charge is 0.493 e. The summed E-state index contributed by atoms with van der Waals surface area (Å²) in [6.45, 7) is 4.93. The van der Waals surface area contributed by atoms with E-state index in [1.807, 2.05) is 25.1 Å². The molecule has 29 heavy (non-hydrogen) atoms. The number of amides is 1. The van der Waals surface area contributed by atoms with E-state index in [9.17, 15) is 4.79 Å². The zero-order valence-corrected chi connectivity index (χ0v) is 19.3. The van der Waals surface area contributed by atoms with E-state index in [-0.39, 0.29) is 29.9 Å². The standard InChI is InChI=1S/C22H28N4O2.HI/c1-3-24-22(26-15-17-5-4-6-19(14-17)21(27)23-2)25-11-9-16-7-8-20-18(13-16)10-12-28-20;/h4-8,13-14H,3,9-12,15H2,1-2H3,(H,23,27)(H2,24,25,26);1H. The Kier molecular flexibility index (Phi) is 9.24. The van der Waals surface area contributed by atoms with Crippen LogP contribution < -0.4 is 20.7 Å². The maximum absolute atomic E-state index is 11.8. The minimum absolute atomic E-state index is 0. The van der Waals surface area contributed by atoms with Crippen LogP contribution in [0.25, 0.3) is 0 Å². The van der Waals surface area contributed by atoms with Gasteiger partial charge in [0.2, 0.25) is 0 Å². The maximum atomic E-state index is 11.8. The Morgan fingerprint density at radius 2 is 2.00 bits per heavy atom. The average Bonchev–Trinajstić information content (AvgIpc) is 3.19. The zero-order valence-electron chi connectivity index (χ0n) is 17.0. The van der Waals surface area contributed by atoms with Gasteiger partial charge in [-0.1, -0.05) is 24.3 Å². The summed E-state index contributed by atoms with van der Waals surface area (Å²) in [6.07, 6.45) is 1.92. The number of carbonyl (C=O) groups excluding carboxylic acids is 1. The van der Waals surface area contributed by atoms with Crippen molar-refractivity contribution < 1.29 is 9.53 Å². The van der Waals surface area contributed by atoms with Gasteiger partial charge in [0.25, 0.3) is 5.91 Å². The molecule has 1 heterocycles. The van der Waals surface area contributed by atoms with E-state index in [2.05, 4.69) is 39.1 Å². The van der Waals surface area contributed by atoms with Gasteiger partial charge in [0, 0.05) is 32.1 Å². The summed E-state index contributed by atoms with van der Waals surface area (Å²) in [7, 11) is 1.63. The van der Waals surface area contributed by atoms with Gasteiger partial charge in [-0.2, -0.15) is 0 Å². The van der Waals surface area contributed by atoms with Crippen LogP contribution in [-0.4, -0.2) is 38.6 Å². The van der Waals surface area contributed by atoms with Crippen molar-refractivity contribution in [3.05, 3.63) is 64.7 Å². The molecule has 6 nitrogen and oxygen atoms in total. The van der Waals surface area contributed by atoms with Crippen LogP contribution in [0.4, 0.5) is 0 Å². The quantitative estimate of drug-likeness (QED) is 0.306. The zero-order chi connectivity index (χ0) is 19.8. The van der Waals surface area contributed by atoms with E-state index in [0.29, 0.717) is 12.1 Å². The molecule has 3 N–H and O–H groups in total. The van der Waals surface area contributed by atoms with Gasteiger partial charge in [-0.05, 0) is 48.2 Å². The lowest BCUT2D eigenvalue weighted by Crippen LogP contribution is -2.38. The SMILES string of the molecule is CCNC(=NCc1cccc(C(=O)NC)c1)NCCc1ccc2c(c1)CCO2.I. The van der Waals surface area contributed by atoms with Crippen LogP contribution in [0.1, 0.15) is 34.0 Å².